The third-order valence-electron chi connectivity index (χ3n) is 5.80. The maximum absolute atomic E-state index is 13.2. The van der Waals surface area contributed by atoms with Crippen molar-refractivity contribution >= 4 is 46.5 Å². The van der Waals surface area contributed by atoms with Gasteiger partial charge >= 0.3 is 29.4 Å². The van der Waals surface area contributed by atoms with Gasteiger partial charge in [0.15, 0.2) is 11.2 Å². The van der Waals surface area contributed by atoms with Gasteiger partial charge in [0.25, 0.3) is 5.56 Å². The van der Waals surface area contributed by atoms with Crippen molar-refractivity contribution in [2.45, 2.75) is 44.2 Å². The Balaban J connectivity index is 1.59. The number of nitrogens with zero attached hydrogens (tertiary/aromatic N) is 3. The van der Waals surface area contributed by atoms with Crippen molar-refractivity contribution in [1.29, 1.82) is 0 Å². The molecule has 1 aromatic carbocycles. The van der Waals surface area contributed by atoms with Crippen LogP contribution in [0.25, 0.3) is 11.2 Å². The molecule has 20 nitrogen and oxygen atoms in total. The number of esters is 1. The third-order valence-corrected chi connectivity index (χ3v) is 9.60. The van der Waals surface area contributed by atoms with Gasteiger partial charge in [-0.15, -0.1) is 0 Å². The Kier molecular flexibility index (Phi) is 9.73. The van der Waals surface area contributed by atoms with Gasteiger partial charge in [0, 0.05) is 12.5 Å². The van der Waals surface area contributed by atoms with Gasteiger partial charge in [0.05, 0.1) is 18.5 Å². The second kappa shape index (κ2) is 12.6. The topological polar surface area (TPSA) is 311 Å². The van der Waals surface area contributed by atoms with E-state index < -0.39 is 60.0 Å². The summed E-state index contributed by atoms with van der Waals surface area (Å²) in [4.78, 5) is 72.5. The number of phosphoric acid groups is 3. The molecular weight excluding hydrogens is 641 g/mol. The zero-order chi connectivity index (χ0) is 31.7. The summed E-state index contributed by atoms with van der Waals surface area (Å²) in [5.41, 5.74) is 11.6. The predicted octanol–water partition coefficient (Wildman–Crippen LogP) is 0.448. The van der Waals surface area contributed by atoms with Crippen molar-refractivity contribution in [3.05, 3.63) is 52.1 Å². The number of carbonyl (C=O) groups excluding carboxylic acids is 1. The molecule has 0 saturated carbocycles. The molecule has 236 valence electrons. The zero-order valence-electron chi connectivity index (χ0n) is 22.0. The summed E-state index contributed by atoms with van der Waals surface area (Å²) in [6.07, 6.45) is -2.19. The molecule has 23 heteroatoms. The van der Waals surface area contributed by atoms with Crippen LogP contribution < -0.4 is 17.0 Å². The van der Waals surface area contributed by atoms with Crippen LogP contribution >= 0.6 is 23.5 Å². The molecule has 1 saturated heterocycles. The lowest BCUT2D eigenvalue weighted by atomic mass is 10.0. The highest BCUT2D eigenvalue weighted by molar-refractivity contribution is 7.66. The average molecular weight is 668 g/mol. The second-order valence-corrected chi connectivity index (χ2v) is 13.7. The highest BCUT2D eigenvalue weighted by Crippen LogP contribution is 2.66. The van der Waals surface area contributed by atoms with E-state index in [-0.39, 0.29) is 35.1 Å². The zero-order valence-corrected chi connectivity index (χ0v) is 24.7. The third kappa shape index (κ3) is 8.63. The molecule has 43 heavy (non-hydrogen) atoms. The number of nitrogen functional groups attached to an aromatic ring is 1. The lowest BCUT2D eigenvalue weighted by Gasteiger charge is -2.21. The van der Waals surface area contributed by atoms with Crippen LogP contribution in [-0.2, 0) is 42.7 Å². The number of aromatic amines is 1. The Labute approximate surface area is 241 Å². The number of fused-ring (bicyclic) bond motifs is 1. The fourth-order valence-corrected chi connectivity index (χ4v) is 7.25. The van der Waals surface area contributed by atoms with Crippen molar-refractivity contribution < 1.29 is 60.7 Å². The van der Waals surface area contributed by atoms with Crippen LogP contribution in [0.15, 0.2) is 35.4 Å². The SMILES string of the molecule is CC(N)Cc1ccccc1C(=O)O[C@@H]1C[C@H](n2cnc3c(=O)[nH]c(N)nc32)OC1COP(=O)(O)OP(=O)(O)OP(=O)(O)O. The monoisotopic (exact) mass is 668 g/mol. The minimum Gasteiger partial charge on any atom is -0.456 e. The Hall–Kier alpha value is -2.83. The minimum atomic E-state index is -5.78. The lowest BCUT2D eigenvalue weighted by Crippen LogP contribution is -2.31. The number of carbonyl (C=O) groups is 1. The number of phosphoric ester groups is 1. The summed E-state index contributed by atoms with van der Waals surface area (Å²) >= 11 is 0. The standard InChI is InChI=1S/C20H27N6O14P3/c1-10(21)6-11-4-2-3-5-12(11)19(28)38-13-7-15(26-9-23-16-17(26)24-20(22)25-18(16)27)37-14(13)8-36-42(32,33)40-43(34,35)39-41(29,30)31/h2-5,9-10,13-15H,6-8,21H2,1H3,(H,32,33)(H,34,35)(H2,29,30,31)(H3,22,24,25,27)/t10?,13-,14?,15-/m1/s1. The summed E-state index contributed by atoms with van der Waals surface area (Å²) in [5.74, 6) is -1.03. The smallest absolute Gasteiger partial charge is 0.456 e. The molecule has 4 rings (SSSR count). The molecular formula is C20H27N6O14P3. The van der Waals surface area contributed by atoms with Gasteiger partial charge in [-0.2, -0.15) is 13.6 Å². The van der Waals surface area contributed by atoms with Crippen LogP contribution in [0.2, 0.25) is 0 Å². The van der Waals surface area contributed by atoms with E-state index in [0.717, 1.165) is 0 Å². The number of nitrogens with one attached hydrogen (secondary N) is 1. The van der Waals surface area contributed by atoms with E-state index in [0.29, 0.717) is 12.0 Å². The van der Waals surface area contributed by atoms with Crippen LogP contribution in [0.4, 0.5) is 5.95 Å². The summed E-state index contributed by atoms with van der Waals surface area (Å²) in [7, 11) is -16.9. The van der Waals surface area contributed by atoms with Crippen molar-refractivity contribution in [2.24, 2.45) is 5.73 Å². The summed E-state index contributed by atoms with van der Waals surface area (Å²) < 4.78 is 59.9. The Morgan fingerprint density at radius 3 is 2.56 bits per heavy atom. The fourth-order valence-electron chi connectivity index (χ4n) is 4.22. The van der Waals surface area contributed by atoms with E-state index in [4.69, 9.17) is 35.3 Å². The molecule has 1 aliphatic rings. The number of hydrogen-bond acceptors (Lipinski definition) is 14. The van der Waals surface area contributed by atoms with Crippen molar-refractivity contribution in [2.75, 3.05) is 12.3 Å². The van der Waals surface area contributed by atoms with E-state index in [9.17, 15) is 33.1 Å². The number of imidazole rings is 1. The van der Waals surface area contributed by atoms with Gasteiger partial charge in [-0.25, -0.2) is 23.5 Å². The molecule has 0 aliphatic carbocycles. The number of aromatic nitrogens is 4. The molecule has 1 aliphatic heterocycles. The number of rotatable bonds is 12. The molecule has 0 amide bonds. The van der Waals surface area contributed by atoms with Gasteiger partial charge in [-0.05, 0) is 25.0 Å². The van der Waals surface area contributed by atoms with Crippen LogP contribution in [0.3, 0.4) is 0 Å². The van der Waals surface area contributed by atoms with E-state index >= 15 is 0 Å². The molecule has 9 N–H and O–H groups in total. The van der Waals surface area contributed by atoms with Gasteiger partial charge in [-0.3, -0.25) is 18.9 Å². The first-order valence-corrected chi connectivity index (χ1v) is 16.7. The van der Waals surface area contributed by atoms with Crippen LogP contribution in [0, 0.1) is 0 Å². The first-order valence-electron chi connectivity index (χ1n) is 12.1. The first kappa shape index (κ1) is 33.1. The Bertz CT molecular complexity index is 1710. The quantitative estimate of drug-likeness (QED) is 0.102. The Morgan fingerprint density at radius 1 is 1.19 bits per heavy atom. The van der Waals surface area contributed by atoms with Crippen molar-refractivity contribution in [3.63, 3.8) is 0 Å². The molecule has 3 heterocycles. The van der Waals surface area contributed by atoms with E-state index in [1.807, 2.05) is 0 Å². The largest absolute Gasteiger partial charge is 0.490 e. The Morgan fingerprint density at radius 2 is 1.88 bits per heavy atom. The van der Waals surface area contributed by atoms with Crippen LogP contribution in [-0.4, -0.2) is 69.9 Å². The molecule has 6 atom stereocenters. The van der Waals surface area contributed by atoms with Gasteiger partial charge in [-0.1, -0.05) is 18.2 Å². The second-order valence-electron chi connectivity index (χ2n) is 9.31. The van der Waals surface area contributed by atoms with Gasteiger partial charge in [0.1, 0.15) is 18.4 Å². The molecule has 0 bridgehead atoms. The molecule has 1 fully saturated rings. The number of anilines is 1. The molecule has 3 aromatic rings. The van der Waals surface area contributed by atoms with E-state index in [2.05, 4.69) is 23.6 Å². The molecule has 0 spiro atoms. The van der Waals surface area contributed by atoms with Crippen LogP contribution in [0.1, 0.15) is 35.5 Å². The number of nitrogens with two attached hydrogens (primary N) is 2. The van der Waals surface area contributed by atoms with Gasteiger partial charge < -0.3 is 40.5 Å². The summed E-state index contributed by atoms with van der Waals surface area (Å²) in [6, 6.07) is 6.22. The first-order chi connectivity index (χ1) is 19.9. The van der Waals surface area contributed by atoms with Crippen molar-refractivity contribution in [3.8, 4) is 0 Å². The normalized spacial score (nSPS) is 22.6. The predicted molar refractivity (Wildman–Crippen MR) is 144 cm³/mol. The van der Waals surface area contributed by atoms with E-state index in [1.165, 1.54) is 17.0 Å². The molecule has 2 aromatic heterocycles. The average Bonchev–Trinajstić information content (AvgIpc) is 3.44. The number of H-pyrrole nitrogens is 1. The van der Waals surface area contributed by atoms with Crippen molar-refractivity contribution in [1.82, 2.24) is 19.5 Å². The lowest BCUT2D eigenvalue weighted by molar-refractivity contribution is -0.0490. The molecule has 4 unspecified atom stereocenters. The number of benzene rings is 1. The van der Waals surface area contributed by atoms with Gasteiger partial charge in [0.2, 0.25) is 5.95 Å². The number of ether oxygens (including phenoxy) is 2. The highest BCUT2D eigenvalue weighted by atomic mass is 31.3. The maximum Gasteiger partial charge on any atom is 0.490 e. The van der Waals surface area contributed by atoms with Crippen LogP contribution in [0.5, 0.6) is 0 Å². The minimum absolute atomic E-state index is 0.00661. The summed E-state index contributed by atoms with van der Waals surface area (Å²) in [6.45, 7) is 0.833. The molecule has 0 radical (unpaired) electrons. The highest BCUT2D eigenvalue weighted by Gasteiger charge is 2.44. The van der Waals surface area contributed by atoms with E-state index in [1.54, 1.807) is 25.1 Å². The summed E-state index contributed by atoms with van der Waals surface area (Å²) in [5, 5.41) is 0. The number of hydrogen-bond donors (Lipinski definition) is 7. The fraction of sp³-hybridized carbons (Fsp3) is 0.400. The maximum atomic E-state index is 13.2.